The molecule has 134 valence electrons. The van der Waals surface area contributed by atoms with Crippen molar-refractivity contribution >= 4 is 29.0 Å². The Kier molecular flexibility index (Phi) is 4.44. The fourth-order valence-electron chi connectivity index (χ4n) is 4.01. The van der Waals surface area contributed by atoms with Crippen LogP contribution in [0.15, 0.2) is 14.9 Å². The van der Waals surface area contributed by atoms with Crippen LogP contribution in [0.1, 0.15) is 60.3 Å². The van der Waals surface area contributed by atoms with Crippen LogP contribution < -0.4 is 0 Å². The molecule has 0 spiro atoms. The van der Waals surface area contributed by atoms with Gasteiger partial charge in [-0.3, -0.25) is 4.79 Å². The highest BCUT2D eigenvalue weighted by Gasteiger charge is 2.40. The fourth-order valence-corrected chi connectivity index (χ4v) is 6.03. The molecule has 25 heavy (non-hydrogen) atoms. The summed E-state index contributed by atoms with van der Waals surface area (Å²) in [4.78, 5) is 16.3. The van der Waals surface area contributed by atoms with E-state index in [1.807, 2.05) is 6.20 Å². The molecule has 2 aromatic heterocycles. The quantitative estimate of drug-likeness (QED) is 0.694. The maximum atomic E-state index is 13.3. The Labute approximate surface area is 157 Å². The first-order valence-corrected chi connectivity index (χ1v) is 11.0. The fraction of sp³-hybridized carbons (Fsp3) is 0.579. The highest BCUT2D eigenvalue weighted by Crippen LogP contribution is 2.51. The Morgan fingerprint density at radius 2 is 2.00 bits per heavy atom. The first-order valence-electron chi connectivity index (χ1n) is 8.97. The van der Waals surface area contributed by atoms with Gasteiger partial charge in [-0.1, -0.05) is 31.8 Å². The van der Waals surface area contributed by atoms with Crippen LogP contribution in [0.4, 0.5) is 0 Å². The van der Waals surface area contributed by atoms with Crippen LogP contribution in [-0.4, -0.2) is 35.3 Å². The van der Waals surface area contributed by atoms with Crippen molar-refractivity contribution in [1.29, 1.82) is 0 Å². The van der Waals surface area contributed by atoms with Gasteiger partial charge in [0.05, 0.1) is 15.3 Å². The summed E-state index contributed by atoms with van der Waals surface area (Å²) in [6, 6.07) is 0. The minimum Gasteiger partial charge on any atom is -0.356 e. The molecule has 1 aliphatic carbocycles. The Balaban J connectivity index is 1.80. The van der Waals surface area contributed by atoms with Gasteiger partial charge in [0.15, 0.2) is 5.76 Å². The summed E-state index contributed by atoms with van der Waals surface area (Å²) < 4.78 is 6.81. The zero-order valence-corrected chi connectivity index (χ0v) is 16.7. The van der Waals surface area contributed by atoms with E-state index in [4.69, 9.17) is 4.52 Å². The van der Waals surface area contributed by atoms with E-state index in [2.05, 4.69) is 30.2 Å². The predicted molar refractivity (Wildman–Crippen MR) is 103 cm³/mol. The molecule has 3 heterocycles. The van der Waals surface area contributed by atoms with E-state index in [0.717, 1.165) is 59.7 Å². The summed E-state index contributed by atoms with van der Waals surface area (Å²) >= 11 is 3.34. The number of carbonyl (C=O) groups is 1. The lowest BCUT2D eigenvalue weighted by Crippen LogP contribution is -2.33. The Hall–Kier alpha value is -1.27. The van der Waals surface area contributed by atoms with Crippen molar-refractivity contribution < 1.29 is 9.32 Å². The molecule has 0 unspecified atom stereocenters. The molecule has 0 atom stereocenters. The second kappa shape index (κ2) is 6.47. The summed E-state index contributed by atoms with van der Waals surface area (Å²) in [5.74, 6) is 1.07. The summed E-state index contributed by atoms with van der Waals surface area (Å²) in [7, 11) is 0. The van der Waals surface area contributed by atoms with E-state index >= 15 is 0 Å². The van der Waals surface area contributed by atoms with Gasteiger partial charge in [0.25, 0.3) is 5.91 Å². The molecule has 1 saturated heterocycles. The number of rotatable bonds is 2. The number of thiophene rings is 1. The molecule has 0 N–H and O–H groups in total. The van der Waals surface area contributed by atoms with E-state index in [0.29, 0.717) is 0 Å². The smallest absolute Gasteiger partial charge is 0.264 e. The van der Waals surface area contributed by atoms with E-state index < -0.39 is 0 Å². The second-order valence-electron chi connectivity index (χ2n) is 7.61. The van der Waals surface area contributed by atoms with Gasteiger partial charge in [0.2, 0.25) is 0 Å². The maximum Gasteiger partial charge on any atom is 0.264 e. The third-order valence-corrected chi connectivity index (χ3v) is 7.73. The summed E-state index contributed by atoms with van der Waals surface area (Å²) in [6.07, 6.45) is 9.48. The third-order valence-electron chi connectivity index (χ3n) is 5.39. The molecule has 1 amide bonds. The molecule has 2 aliphatic rings. The highest BCUT2D eigenvalue weighted by molar-refractivity contribution is 8.00. The highest BCUT2D eigenvalue weighted by atomic mass is 32.2. The Morgan fingerprint density at radius 3 is 2.68 bits per heavy atom. The molecule has 0 radical (unpaired) electrons. The van der Waals surface area contributed by atoms with Crippen molar-refractivity contribution in [2.75, 3.05) is 19.3 Å². The lowest BCUT2D eigenvalue weighted by atomic mass is 9.73. The van der Waals surface area contributed by atoms with Crippen LogP contribution in [0.5, 0.6) is 0 Å². The summed E-state index contributed by atoms with van der Waals surface area (Å²) in [6.45, 7) is 6.19. The largest absolute Gasteiger partial charge is 0.356 e. The number of nitrogens with zero attached hydrogens (tertiary/aromatic N) is 2. The molecular weight excluding hydrogens is 352 g/mol. The van der Waals surface area contributed by atoms with Crippen LogP contribution in [0.25, 0.3) is 11.3 Å². The standard InChI is InChI=1S/C19H24N2O2S2/c1-19(2)10-12-14(15-13(19)11-20-23-15)18(24-3)25-16(12)17(22)21-8-6-4-5-7-9-21/h11H,4-10H2,1-3H3. The van der Waals surface area contributed by atoms with E-state index in [-0.39, 0.29) is 11.3 Å². The normalized spacial score (nSPS) is 19.2. The van der Waals surface area contributed by atoms with Gasteiger partial charge in [0.1, 0.15) is 0 Å². The molecule has 0 aromatic carbocycles. The van der Waals surface area contributed by atoms with Gasteiger partial charge in [-0.05, 0) is 36.5 Å². The first kappa shape index (κ1) is 17.2. The zero-order chi connectivity index (χ0) is 17.6. The number of amides is 1. The summed E-state index contributed by atoms with van der Waals surface area (Å²) in [5.41, 5.74) is 3.37. The second-order valence-corrected chi connectivity index (χ2v) is 9.71. The number of fused-ring (bicyclic) bond motifs is 3. The number of hydrogen-bond donors (Lipinski definition) is 0. The van der Waals surface area contributed by atoms with Crippen molar-refractivity contribution in [3.63, 3.8) is 0 Å². The molecule has 1 fully saturated rings. The SMILES string of the molecule is CSc1sc(C(=O)N2CCCCCC2)c2c1-c1oncc1C(C)(C)C2. The minimum absolute atomic E-state index is 0.0626. The van der Waals surface area contributed by atoms with E-state index in [1.165, 1.54) is 17.1 Å². The topological polar surface area (TPSA) is 46.3 Å². The molecule has 0 saturated carbocycles. The van der Waals surface area contributed by atoms with Crippen LogP contribution in [0, 0.1) is 0 Å². The molecular formula is C19H24N2O2S2. The number of aromatic nitrogens is 1. The molecule has 4 rings (SSSR count). The van der Waals surface area contributed by atoms with Crippen LogP contribution in [0.2, 0.25) is 0 Å². The number of carbonyl (C=O) groups excluding carboxylic acids is 1. The van der Waals surface area contributed by atoms with Gasteiger partial charge >= 0.3 is 0 Å². The Bertz CT molecular complexity index is 798. The molecule has 6 heteroatoms. The minimum atomic E-state index is -0.0626. The van der Waals surface area contributed by atoms with Gasteiger partial charge in [0, 0.05) is 24.2 Å². The van der Waals surface area contributed by atoms with Crippen molar-refractivity contribution in [1.82, 2.24) is 10.1 Å². The van der Waals surface area contributed by atoms with Crippen molar-refractivity contribution in [2.45, 2.75) is 55.6 Å². The van der Waals surface area contributed by atoms with Crippen molar-refractivity contribution in [3.05, 3.63) is 22.2 Å². The van der Waals surface area contributed by atoms with Crippen molar-refractivity contribution in [2.24, 2.45) is 0 Å². The van der Waals surface area contributed by atoms with Crippen LogP contribution >= 0.6 is 23.1 Å². The molecule has 4 nitrogen and oxygen atoms in total. The lowest BCUT2D eigenvalue weighted by molar-refractivity contribution is 0.0765. The third kappa shape index (κ3) is 2.83. The van der Waals surface area contributed by atoms with E-state index in [9.17, 15) is 4.79 Å². The average molecular weight is 377 g/mol. The maximum absolute atomic E-state index is 13.3. The number of thioether (sulfide) groups is 1. The first-order chi connectivity index (χ1) is 12.0. The van der Waals surface area contributed by atoms with E-state index in [1.54, 1.807) is 23.1 Å². The summed E-state index contributed by atoms with van der Waals surface area (Å²) in [5, 5.41) is 4.06. The van der Waals surface area contributed by atoms with Crippen molar-refractivity contribution in [3.8, 4) is 11.3 Å². The van der Waals surface area contributed by atoms with Gasteiger partial charge in [-0.15, -0.1) is 23.1 Å². The predicted octanol–water partition coefficient (Wildman–Crippen LogP) is 4.97. The van der Waals surface area contributed by atoms with Gasteiger partial charge in [-0.2, -0.15) is 0 Å². The molecule has 0 bridgehead atoms. The molecule has 2 aromatic rings. The monoisotopic (exact) mass is 376 g/mol. The average Bonchev–Trinajstić information content (AvgIpc) is 3.10. The zero-order valence-electron chi connectivity index (χ0n) is 15.1. The van der Waals surface area contributed by atoms with Crippen LogP contribution in [-0.2, 0) is 11.8 Å². The van der Waals surface area contributed by atoms with Gasteiger partial charge < -0.3 is 9.42 Å². The number of hydrogen-bond acceptors (Lipinski definition) is 5. The molecule has 1 aliphatic heterocycles. The van der Waals surface area contributed by atoms with Gasteiger partial charge in [-0.25, -0.2) is 0 Å². The van der Waals surface area contributed by atoms with Crippen LogP contribution in [0.3, 0.4) is 0 Å². The lowest BCUT2D eigenvalue weighted by Gasteiger charge is -2.29. The number of likely N-dealkylation sites (tertiary alicyclic amines) is 1. The Morgan fingerprint density at radius 1 is 1.28 bits per heavy atom.